The summed E-state index contributed by atoms with van der Waals surface area (Å²) in [6.07, 6.45) is 0. The highest BCUT2D eigenvalue weighted by Gasteiger charge is 2.18. The van der Waals surface area contributed by atoms with Crippen LogP contribution in [0.15, 0.2) is 24.3 Å². The third-order valence-corrected chi connectivity index (χ3v) is 3.77. The Bertz CT molecular complexity index is 536. The zero-order chi connectivity index (χ0) is 15.9. The number of piperazine rings is 1. The van der Waals surface area contributed by atoms with Crippen LogP contribution in [0.5, 0.6) is 0 Å². The number of amides is 2. The fraction of sp³-hybridized carbons (Fsp3) is 0.467. The van der Waals surface area contributed by atoms with Crippen LogP contribution in [0.1, 0.15) is 0 Å². The second-order valence-electron chi connectivity index (χ2n) is 5.33. The smallest absolute Gasteiger partial charge is 0.238 e. The van der Waals surface area contributed by atoms with Crippen molar-refractivity contribution in [3.8, 4) is 0 Å². The first-order valence-corrected chi connectivity index (χ1v) is 7.65. The van der Waals surface area contributed by atoms with Gasteiger partial charge in [0.2, 0.25) is 11.8 Å². The normalized spacial score (nSPS) is 14.3. The summed E-state index contributed by atoms with van der Waals surface area (Å²) in [5, 5.41) is 6.45. The molecule has 1 heterocycles. The molecule has 8 heteroatoms. The van der Waals surface area contributed by atoms with E-state index in [4.69, 9.17) is 11.6 Å². The molecule has 2 amide bonds. The van der Waals surface area contributed by atoms with E-state index in [0.29, 0.717) is 10.7 Å². The zero-order valence-corrected chi connectivity index (χ0v) is 14.6. The van der Waals surface area contributed by atoms with E-state index in [1.807, 2.05) is 4.90 Å². The molecule has 23 heavy (non-hydrogen) atoms. The molecule has 0 atom stereocenters. The molecule has 1 aromatic rings. The van der Waals surface area contributed by atoms with Gasteiger partial charge in [-0.1, -0.05) is 23.7 Å². The molecule has 0 aliphatic carbocycles. The molecule has 2 N–H and O–H groups in total. The Balaban J connectivity index is 0.00000264. The number of anilines is 1. The molecule has 1 aromatic carbocycles. The number of hydrogen-bond donors (Lipinski definition) is 2. The fourth-order valence-corrected chi connectivity index (χ4v) is 2.48. The van der Waals surface area contributed by atoms with Gasteiger partial charge in [0.05, 0.1) is 23.8 Å². The number of rotatable bonds is 5. The van der Waals surface area contributed by atoms with Crippen LogP contribution >= 0.6 is 24.0 Å². The van der Waals surface area contributed by atoms with Crippen molar-refractivity contribution in [2.45, 2.75) is 0 Å². The second-order valence-corrected chi connectivity index (χ2v) is 5.74. The van der Waals surface area contributed by atoms with Crippen LogP contribution in [0.3, 0.4) is 0 Å². The number of para-hydroxylation sites is 1. The van der Waals surface area contributed by atoms with Gasteiger partial charge >= 0.3 is 0 Å². The van der Waals surface area contributed by atoms with Crippen molar-refractivity contribution in [1.82, 2.24) is 15.1 Å². The molecule has 2 rings (SSSR count). The van der Waals surface area contributed by atoms with E-state index in [1.54, 1.807) is 36.2 Å². The average molecular weight is 361 g/mol. The Hall–Kier alpha value is -1.34. The number of likely N-dealkylation sites (N-methyl/N-ethyl adjacent to an activating group) is 1. The number of carbonyl (C=O) groups excluding carboxylic acids is 2. The number of carbonyl (C=O) groups is 2. The maximum atomic E-state index is 12.1. The van der Waals surface area contributed by atoms with Gasteiger partial charge in [0.25, 0.3) is 0 Å². The lowest BCUT2D eigenvalue weighted by Crippen LogP contribution is -2.49. The van der Waals surface area contributed by atoms with Gasteiger partial charge in [0.1, 0.15) is 0 Å². The largest absolute Gasteiger partial charge is 0.339 e. The molecule has 6 nitrogen and oxygen atoms in total. The highest BCUT2D eigenvalue weighted by molar-refractivity contribution is 6.33. The number of halogens is 2. The fourth-order valence-electron chi connectivity index (χ4n) is 2.30. The van der Waals surface area contributed by atoms with Crippen LogP contribution in [0.2, 0.25) is 5.02 Å². The molecule has 0 bridgehead atoms. The van der Waals surface area contributed by atoms with E-state index < -0.39 is 0 Å². The molecular formula is C15H22Cl2N4O2. The second kappa shape index (κ2) is 9.72. The minimum atomic E-state index is -0.191. The van der Waals surface area contributed by atoms with Gasteiger partial charge in [-0.25, -0.2) is 0 Å². The SMILES string of the molecule is CN(CC(=O)Nc1ccccc1Cl)CC(=O)N1CCNCC1.Cl. The summed E-state index contributed by atoms with van der Waals surface area (Å²) >= 11 is 6.00. The van der Waals surface area contributed by atoms with Crippen LogP contribution in [0.4, 0.5) is 5.69 Å². The lowest BCUT2D eigenvalue weighted by molar-refractivity contribution is -0.133. The van der Waals surface area contributed by atoms with Crippen molar-refractivity contribution >= 4 is 41.5 Å². The molecule has 0 radical (unpaired) electrons. The lowest BCUT2D eigenvalue weighted by Gasteiger charge is -2.29. The van der Waals surface area contributed by atoms with Crippen LogP contribution < -0.4 is 10.6 Å². The van der Waals surface area contributed by atoms with Crippen molar-refractivity contribution < 1.29 is 9.59 Å². The first kappa shape index (κ1) is 19.7. The van der Waals surface area contributed by atoms with Gasteiger partial charge in [0.15, 0.2) is 0 Å². The van der Waals surface area contributed by atoms with Gasteiger partial charge in [-0.2, -0.15) is 0 Å². The van der Waals surface area contributed by atoms with Gasteiger partial charge < -0.3 is 15.5 Å². The van der Waals surface area contributed by atoms with E-state index in [-0.39, 0.29) is 37.3 Å². The topological polar surface area (TPSA) is 64.7 Å². The van der Waals surface area contributed by atoms with Crippen LogP contribution in [-0.2, 0) is 9.59 Å². The van der Waals surface area contributed by atoms with Gasteiger partial charge in [-0.05, 0) is 19.2 Å². The Morgan fingerprint density at radius 2 is 1.91 bits per heavy atom. The molecule has 1 aliphatic heterocycles. The summed E-state index contributed by atoms with van der Waals surface area (Å²) in [6.45, 7) is 3.46. The summed E-state index contributed by atoms with van der Waals surface area (Å²) in [5.41, 5.74) is 0.580. The van der Waals surface area contributed by atoms with Gasteiger partial charge in [-0.3, -0.25) is 14.5 Å². The molecule has 1 aliphatic rings. The monoisotopic (exact) mass is 360 g/mol. The van der Waals surface area contributed by atoms with E-state index in [0.717, 1.165) is 26.2 Å². The van der Waals surface area contributed by atoms with Crippen molar-refractivity contribution in [3.05, 3.63) is 29.3 Å². The first-order valence-electron chi connectivity index (χ1n) is 7.27. The number of nitrogens with one attached hydrogen (secondary N) is 2. The van der Waals surface area contributed by atoms with Crippen LogP contribution in [-0.4, -0.2) is 67.9 Å². The summed E-state index contributed by atoms with van der Waals surface area (Å²) in [4.78, 5) is 27.6. The van der Waals surface area contributed by atoms with Crippen LogP contribution in [0.25, 0.3) is 0 Å². The highest BCUT2D eigenvalue weighted by atomic mass is 35.5. The molecule has 1 saturated heterocycles. The number of nitrogens with zero attached hydrogens (tertiary/aromatic N) is 2. The Morgan fingerprint density at radius 3 is 2.57 bits per heavy atom. The average Bonchev–Trinajstić information content (AvgIpc) is 2.50. The Kier molecular flexibility index (Phi) is 8.33. The molecule has 0 aromatic heterocycles. The third-order valence-electron chi connectivity index (χ3n) is 3.44. The maximum absolute atomic E-state index is 12.1. The van der Waals surface area contributed by atoms with E-state index in [2.05, 4.69) is 10.6 Å². The summed E-state index contributed by atoms with van der Waals surface area (Å²) < 4.78 is 0. The van der Waals surface area contributed by atoms with Gasteiger partial charge in [-0.15, -0.1) is 12.4 Å². The summed E-state index contributed by atoms with van der Waals surface area (Å²) in [5.74, 6) is -0.141. The van der Waals surface area contributed by atoms with Crippen molar-refractivity contribution in [2.75, 3.05) is 51.6 Å². The minimum absolute atomic E-state index is 0. The maximum Gasteiger partial charge on any atom is 0.238 e. The zero-order valence-electron chi connectivity index (χ0n) is 13.0. The van der Waals surface area contributed by atoms with E-state index in [1.165, 1.54) is 0 Å². The third kappa shape index (κ3) is 6.35. The summed E-state index contributed by atoms with van der Waals surface area (Å²) in [6, 6.07) is 7.07. The Morgan fingerprint density at radius 1 is 1.26 bits per heavy atom. The van der Waals surface area contributed by atoms with E-state index >= 15 is 0 Å². The molecule has 0 unspecified atom stereocenters. The summed E-state index contributed by atoms with van der Waals surface area (Å²) in [7, 11) is 1.76. The molecular weight excluding hydrogens is 339 g/mol. The minimum Gasteiger partial charge on any atom is -0.339 e. The van der Waals surface area contributed by atoms with Gasteiger partial charge in [0, 0.05) is 26.2 Å². The van der Waals surface area contributed by atoms with E-state index in [9.17, 15) is 9.59 Å². The number of hydrogen-bond acceptors (Lipinski definition) is 4. The highest BCUT2D eigenvalue weighted by Crippen LogP contribution is 2.20. The molecule has 0 spiro atoms. The predicted octanol–water partition coefficient (Wildman–Crippen LogP) is 1.06. The predicted molar refractivity (Wildman–Crippen MR) is 94.3 cm³/mol. The standard InChI is InChI=1S/C15H21ClN4O2.ClH/c1-19(11-15(22)20-8-6-17-7-9-20)10-14(21)18-13-5-3-2-4-12(13)16;/h2-5,17H,6-11H2,1H3,(H,18,21);1H. The number of benzene rings is 1. The van der Waals surface area contributed by atoms with Crippen LogP contribution in [0, 0.1) is 0 Å². The molecule has 0 saturated carbocycles. The quantitative estimate of drug-likeness (QED) is 0.824. The van der Waals surface area contributed by atoms with Crippen molar-refractivity contribution in [3.63, 3.8) is 0 Å². The van der Waals surface area contributed by atoms with Crippen molar-refractivity contribution in [2.24, 2.45) is 0 Å². The first-order chi connectivity index (χ1) is 10.6. The lowest BCUT2D eigenvalue weighted by atomic mass is 10.3. The van der Waals surface area contributed by atoms with Crippen molar-refractivity contribution in [1.29, 1.82) is 0 Å². The Labute approximate surface area is 147 Å². The molecule has 128 valence electrons. The molecule has 1 fully saturated rings.